The third kappa shape index (κ3) is 10.3. The van der Waals surface area contributed by atoms with E-state index < -0.39 is 5.91 Å². The Balaban J connectivity index is 1.01. The number of aliphatic imine (C=N–C) groups is 2. The van der Waals surface area contributed by atoms with Crippen LogP contribution in [0.2, 0.25) is 0 Å². The van der Waals surface area contributed by atoms with Gasteiger partial charge in [0.1, 0.15) is 24.5 Å². The van der Waals surface area contributed by atoms with Gasteiger partial charge in [-0.25, -0.2) is 9.98 Å². The Morgan fingerprint density at radius 3 is 2.23 bits per heavy atom. The van der Waals surface area contributed by atoms with Crippen LogP contribution in [0.4, 0.5) is 11.4 Å². The van der Waals surface area contributed by atoms with Crippen molar-refractivity contribution in [1.29, 1.82) is 0 Å². The zero-order chi connectivity index (χ0) is 45.5. The lowest BCUT2D eigenvalue weighted by atomic mass is 10.0. The highest BCUT2D eigenvalue weighted by molar-refractivity contribution is 7.22. The van der Waals surface area contributed by atoms with Gasteiger partial charge in [0.2, 0.25) is 11.8 Å². The first-order chi connectivity index (χ1) is 30.8. The van der Waals surface area contributed by atoms with E-state index in [2.05, 4.69) is 15.8 Å². The van der Waals surface area contributed by atoms with E-state index in [0.717, 1.165) is 56.6 Å². The van der Waals surface area contributed by atoms with Crippen LogP contribution in [0, 0.1) is 0 Å². The summed E-state index contributed by atoms with van der Waals surface area (Å²) in [5.41, 5.74) is 22.7. The monoisotopic (exact) mass is 897 g/mol. The number of hydrazine groups is 1. The Labute approximate surface area is 377 Å². The molecule has 3 amide bonds. The fraction of sp³-hybridized carbons (Fsp3) is 0.234. The van der Waals surface area contributed by atoms with Crippen molar-refractivity contribution >= 4 is 104 Å². The number of aldehydes is 2. The summed E-state index contributed by atoms with van der Waals surface area (Å²) in [6.07, 6.45) is 12.3. The highest BCUT2D eigenvalue weighted by Gasteiger charge is 2.22. The summed E-state index contributed by atoms with van der Waals surface area (Å²) < 4.78 is 2.03. The van der Waals surface area contributed by atoms with Gasteiger partial charge in [-0.15, -0.1) is 22.7 Å². The molecule has 15 nitrogen and oxygen atoms in total. The minimum Gasteiger partial charge on any atom is -0.387 e. The molecule has 2 aliphatic heterocycles. The number of nitrogens with zero attached hydrogens (tertiary/aromatic N) is 5. The maximum Gasteiger partial charge on any atom is 0.259 e. The molecule has 5 heterocycles. The number of thiophene rings is 2. The lowest BCUT2D eigenvalue weighted by Crippen LogP contribution is -2.45. The molecule has 17 heteroatoms. The van der Waals surface area contributed by atoms with Crippen molar-refractivity contribution in [2.24, 2.45) is 21.5 Å². The van der Waals surface area contributed by atoms with Gasteiger partial charge in [0.25, 0.3) is 11.5 Å². The normalized spacial score (nSPS) is 13.4. The summed E-state index contributed by atoms with van der Waals surface area (Å²) in [4.78, 5) is 90.4. The van der Waals surface area contributed by atoms with Gasteiger partial charge in [-0.3, -0.25) is 39.6 Å². The van der Waals surface area contributed by atoms with Crippen LogP contribution in [-0.4, -0.2) is 83.0 Å². The van der Waals surface area contributed by atoms with E-state index in [9.17, 15) is 28.8 Å². The average molecular weight is 898 g/mol. The molecule has 0 bridgehead atoms. The molecule has 2 aliphatic rings. The first-order valence-corrected chi connectivity index (χ1v) is 22.3. The fourth-order valence-corrected chi connectivity index (χ4v) is 9.45. The van der Waals surface area contributed by atoms with E-state index in [1.165, 1.54) is 27.2 Å². The summed E-state index contributed by atoms with van der Waals surface area (Å²) in [6, 6.07) is 16.7. The number of carbonyl (C=O) groups is 5. The van der Waals surface area contributed by atoms with Crippen LogP contribution in [0.1, 0.15) is 65.9 Å². The minimum atomic E-state index is -0.613. The third-order valence-electron chi connectivity index (χ3n) is 10.4. The number of primary amides is 1. The van der Waals surface area contributed by atoms with E-state index in [1.807, 2.05) is 67.3 Å². The smallest absolute Gasteiger partial charge is 0.259 e. The zero-order valence-corrected chi connectivity index (χ0v) is 37.2. The standard InChI is InChI=1S/C47H47N9O6S2/c1-4-12-55(13-5-2)46(61)33-18-30-7-9-31(19-36(30)50-42(48)22-33)40-21-34(27-58)38(63-40)10-14-54(3)25-45(60)53-52-44-17-28(26-57)16-29-6-8-32(20-37(29)51-44)41-23-35-39(64-41)11-15-56(47(35)62)24-43(49)59/h6-11,14-16,18-21,23,26-27H,4-5,12-13,17,22,24-25H2,1-3H3,(H2,48,50)(H2,49,59)(H,51,52)(H,53,60)/b14-10-. The number of amidine groups is 2. The Morgan fingerprint density at radius 1 is 0.875 bits per heavy atom. The van der Waals surface area contributed by atoms with Crippen LogP contribution < -0.4 is 27.9 Å². The molecular formula is C47H47N9O6S2. The number of amides is 3. The number of hydrogen-bond donors (Lipinski definition) is 4. The molecule has 5 aromatic rings. The van der Waals surface area contributed by atoms with E-state index >= 15 is 0 Å². The fourth-order valence-electron chi connectivity index (χ4n) is 7.38. The third-order valence-corrected chi connectivity index (χ3v) is 12.7. The SMILES string of the molecule is CCCN(CCC)C(=O)C1=Cc2ccc(-c3cc(C=O)c(/C=C\N(C)CC(=O)NNC4=Nc5cc(-c6cc7c(=O)n(CC(N)=O)ccc7s6)ccc5C=C(C=O)C4)s3)cc2N=C(N)C1. The lowest BCUT2D eigenvalue weighted by Gasteiger charge is -2.22. The van der Waals surface area contributed by atoms with Crippen molar-refractivity contribution in [3.8, 4) is 20.9 Å². The quantitative estimate of drug-likeness (QED) is 0.0673. The first kappa shape index (κ1) is 44.8. The van der Waals surface area contributed by atoms with Gasteiger partial charge in [0.05, 0.1) is 23.3 Å². The topological polar surface area (TPSA) is 215 Å². The van der Waals surface area contributed by atoms with Crippen molar-refractivity contribution in [3.63, 3.8) is 0 Å². The molecule has 0 unspecified atom stereocenters. The zero-order valence-electron chi connectivity index (χ0n) is 35.6. The van der Waals surface area contributed by atoms with Gasteiger partial charge in [0, 0.05) is 92.5 Å². The second-order valence-corrected chi connectivity index (χ2v) is 17.6. The van der Waals surface area contributed by atoms with Crippen LogP contribution in [0.5, 0.6) is 0 Å². The highest BCUT2D eigenvalue weighted by Crippen LogP contribution is 2.38. The number of pyridine rings is 1. The van der Waals surface area contributed by atoms with Crippen molar-refractivity contribution in [1.82, 2.24) is 25.2 Å². The molecule has 0 spiro atoms. The van der Waals surface area contributed by atoms with Crippen molar-refractivity contribution in [2.45, 2.75) is 46.1 Å². The van der Waals surface area contributed by atoms with E-state index in [-0.39, 0.29) is 43.3 Å². The maximum absolute atomic E-state index is 13.4. The van der Waals surface area contributed by atoms with Crippen LogP contribution in [-0.2, 0) is 25.7 Å². The molecule has 0 aliphatic carbocycles. The summed E-state index contributed by atoms with van der Waals surface area (Å²) in [6.45, 7) is 5.18. The molecule has 64 heavy (non-hydrogen) atoms. The number of nitrogens with two attached hydrogens (primary N) is 2. The second kappa shape index (κ2) is 19.9. The molecule has 7 rings (SSSR count). The van der Waals surface area contributed by atoms with Gasteiger partial charge in [-0.1, -0.05) is 38.1 Å². The number of carbonyl (C=O) groups excluding carboxylic acids is 5. The van der Waals surface area contributed by atoms with Gasteiger partial charge in [-0.2, -0.15) is 0 Å². The van der Waals surface area contributed by atoms with Crippen LogP contribution in [0.25, 0.3) is 49.2 Å². The van der Waals surface area contributed by atoms with Gasteiger partial charge in [-0.05, 0) is 72.5 Å². The number of hydrogen-bond acceptors (Lipinski definition) is 13. The molecule has 3 aromatic heterocycles. The highest BCUT2D eigenvalue weighted by atomic mass is 32.1. The minimum absolute atomic E-state index is 0.0324. The van der Waals surface area contributed by atoms with E-state index in [1.54, 1.807) is 48.6 Å². The van der Waals surface area contributed by atoms with Crippen molar-refractivity contribution < 1.29 is 24.0 Å². The summed E-state index contributed by atoms with van der Waals surface area (Å²) >= 11 is 2.83. The van der Waals surface area contributed by atoms with Crippen LogP contribution in [0.3, 0.4) is 0 Å². The number of nitrogens with one attached hydrogen (secondary N) is 2. The maximum atomic E-state index is 13.4. The van der Waals surface area contributed by atoms with Gasteiger partial charge < -0.3 is 25.8 Å². The predicted molar refractivity (Wildman–Crippen MR) is 256 cm³/mol. The number of likely N-dealkylation sites (N-methyl/N-ethyl adjacent to an activating group) is 1. The Kier molecular flexibility index (Phi) is 13.9. The largest absolute Gasteiger partial charge is 0.387 e. The molecule has 6 N–H and O–H groups in total. The van der Waals surface area contributed by atoms with Gasteiger partial charge in [0.15, 0.2) is 6.29 Å². The molecule has 0 radical (unpaired) electrons. The molecular weight excluding hydrogens is 851 g/mol. The Morgan fingerprint density at radius 2 is 1.56 bits per heavy atom. The molecule has 0 fully saturated rings. The van der Waals surface area contributed by atoms with Crippen molar-refractivity contribution in [2.75, 3.05) is 26.7 Å². The predicted octanol–water partition coefficient (Wildman–Crippen LogP) is 6.42. The van der Waals surface area contributed by atoms with Crippen LogP contribution in [0.15, 0.2) is 92.9 Å². The second-order valence-electron chi connectivity index (χ2n) is 15.4. The summed E-state index contributed by atoms with van der Waals surface area (Å²) in [5.74, 6) is -0.336. The van der Waals surface area contributed by atoms with Crippen LogP contribution >= 0.6 is 22.7 Å². The molecule has 328 valence electrons. The van der Waals surface area contributed by atoms with E-state index in [0.29, 0.717) is 68.7 Å². The van der Waals surface area contributed by atoms with Gasteiger partial charge >= 0.3 is 0 Å². The first-order valence-electron chi connectivity index (χ1n) is 20.6. The summed E-state index contributed by atoms with van der Waals surface area (Å²) in [5, 5.41) is 0.464. The number of rotatable bonds is 15. The summed E-state index contributed by atoms with van der Waals surface area (Å²) in [7, 11) is 1.73. The lowest BCUT2D eigenvalue weighted by molar-refractivity contribution is -0.127. The number of benzene rings is 2. The number of aromatic nitrogens is 1. The molecule has 2 aromatic carbocycles. The Bertz CT molecular complexity index is 2890. The molecule has 0 saturated carbocycles. The molecule has 0 saturated heterocycles. The van der Waals surface area contributed by atoms with E-state index in [4.69, 9.17) is 16.5 Å². The molecule has 0 atom stereocenters. The Hall–Kier alpha value is -7.24. The average Bonchev–Trinajstić information content (AvgIpc) is 3.80. The van der Waals surface area contributed by atoms with Crippen molar-refractivity contribution in [3.05, 3.63) is 110 Å². The number of fused-ring (bicyclic) bond motifs is 3.